The molecule has 2 aromatic rings. The van der Waals surface area contributed by atoms with Crippen molar-refractivity contribution in [3.05, 3.63) is 35.2 Å². The number of hydrogen-bond donors (Lipinski definition) is 3. The van der Waals surface area contributed by atoms with Crippen LogP contribution in [-0.2, 0) is 11.0 Å². The maximum absolute atomic E-state index is 13.2. The van der Waals surface area contributed by atoms with Crippen molar-refractivity contribution in [3.63, 3.8) is 0 Å². The van der Waals surface area contributed by atoms with Crippen molar-refractivity contribution in [2.45, 2.75) is 45.2 Å². The van der Waals surface area contributed by atoms with E-state index < -0.39 is 11.7 Å². The normalized spacial score (nSPS) is 20.1. The number of nitriles is 1. The van der Waals surface area contributed by atoms with Crippen LogP contribution in [0.5, 0.6) is 0 Å². The summed E-state index contributed by atoms with van der Waals surface area (Å²) in [6.45, 7) is 4.42. The van der Waals surface area contributed by atoms with E-state index >= 15 is 0 Å². The van der Waals surface area contributed by atoms with E-state index in [4.69, 9.17) is 0 Å². The fourth-order valence-electron chi connectivity index (χ4n) is 4.75. The molecule has 11 heteroatoms. The number of nitrogens with zero attached hydrogens (tertiary/aromatic N) is 4. The second kappa shape index (κ2) is 9.15. The van der Waals surface area contributed by atoms with Gasteiger partial charge in [-0.1, -0.05) is 6.92 Å². The highest BCUT2D eigenvalue weighted by Gasteiger charge is 2.40. The number of aromatic nitrogens is 2. The Hall–Kier alpha value is -3.55. The number of H-pyrrole nitrogens is 1. The van der Waals surface area contributed by atoms with Crippen LogP contribution in [0.15, 0.2) is 29.0 Å². The Morgan fingerprint density at radius 2 is 2.08 bits per heavy atom. The molecule has 1 saturated heterocycles. The van der Waals surface area contributed by atoms with Gasteiger partial charge in [0.05, 0.1) is 29.4 Å². The van der Waals surface area contributed by atoms with Crippen molar-refractivity contribution >= 4 is 28.6 Å². The lowest BCUT2D eigenvalue weighted by molar-refractivity contribution is -0.137. The van der Waals surface area contributed by atoms with Gasteiger partial charge in [-0.15, -0.1) is 0 Å². The summed E-state index contributed by atoms with van der Waals surface area (Å²) in [6.07, 6.45) is 2.51. The zero-order valence-corrected chi connectivity index (χ0v) is 20.0. The van der Waals surface area contributed by atoms with Crippen LogP contribution in [0.25, 0.3) is 16.7 Å². The topological polar surface area (TPSA) is 109 Å². The number of rotatable bonds is 5. The van der Waals surface area contributed by atoms with Crippen molar-refractivity contribution in [1.82, 2.24) is 25.5 Å². The molecule has 36 heavy (non-hydrogen) atoms. The minimum atomic E-state index is -4.52. The summed E-state index contributed by atoms with van der Waals surface area (Å²) in [5, 5.41) is 16.3. The molecular weight excluding hydrogens is 471 g/mol. The fraction of sp³-hybridized carbons (Fsp3) is 0.520. The summed E-state index contributed by atoms with van der Waals surface area (Å²) in [4.78, 5) is 25.7. The number of fused-ring (bicyclic) bond motifs is 1. The SMILES string of the molecule is CC1(CC(=O)N2CCC(CNC3=NCC(C#N)=C(c4c[nH]c5ncc(C(F)(F)F)cc45)N3)CC2)CC1. The minimum Gasteiger partial charge on any atom is -0.356 e. The van der Waals surface area contributed by atoms with E-state index in [-0.39, 0.29) is 23.3 Å². The molecule has 2 fully saturated rings. The first-order valence-corrected chi connectivity index (χ1v) is 12.2. The lowest BCUT2D eigenvalue weighted by Crippen LogP contribution is -2.45. The quantitative estimate of drug-likeness (QED) is 0.580. The van der Waals surface area contributed by atoms with Crippen LogP contribution in [0, 0.1) is 22.7 Å². The Kier molecular flexibility index (Phi) is 6.14. The highest BCUT2D eigenvalue weighted by atomic mass is 19.4. The number of nitrogens with one attached hydrogen (secondary N) is 3. The van der Waals surface area contributed by atoms with E-state index in [1.807, 2.05) is 4.90 Å². The molecule has 0 atom stereocenters. The van der Waals surface area contributed by atoms with Crippen LogP contribution in [0.3, 0.4) is 0 Å². The Balaban J connectivity index is 1.21. The van der Waals surface area contributed by atoms with Gasteiger partial charge in [0.25, 0.3) is 0 Å². The van der Waals surface area contributed by atoms with Gasteiger partial charge in [0.15, 0.2) is 5.96 Å². The Morgan fingerprint density at radius 3 is 2.75 bits per heavy atom. The number of guanidine groups is 1. The van der Waals surface area contributed by atoms with Crippen LogP contribution < -0.4 is 10.6 Å². The summed E-state index contributed by atoms with van der Waals surface area (Å²) in [6, 6.07) is 3.14. The summed E-state index contributed by atoms with van der Waals surface area (Å²) >= 11 is 0. The number of amides is 1. The number of halogens is 3. The molecule has 8 nitrogen and oxygen atoms in total. The monoisotopic (exact) mass is 499 g/mol. The van der Waals surface area contributed by atoms with Crippen molar-refractivity contribution < 1.29 is 18.0 Å². The average molecular weight is 500 g/mol. The van der Waals surface area contributed by atoms with Crippen molar-refractivity contribution in [3.8, 4) is 6.07 Å². The van der Waals surface area contributed by atoms with E-state index in [1.54, 1.807) is 6.20 Å². The molecule has 1 amide bonds. The molecule has 4 heterocycles. The number of carbonyl (C=O) groups is 1. The molecule has 3 N–H and O–H groups in total. The maximum atomic E-state index is 13.2. The third kappa shape index (κ3) is 5.03. The van der Waals surface area contributed by atoms with Crippen LogP contribution in [0.2, 0.25) is 0 Å². The number of likely N-dealkylation sites (tertiary alicyclic amines) is 1. The predicted molar refractivity (Wildman–Crippen MR) is 128 cm³/mol. The lowest BCUT2D eigenvalue weighted by Gasteiger charge is -2.33. The molecular formula is C25H28F3N7O. The third-order valence-corrected chi connectivity index (χ3v) is 7.41. The van der Waals surface area contributed by atoms with Crippen LogP contribution in [0.1, 0.15) is 50.2 Å². The Bertz CT molecular complexity index is 1270. The molecule has 0 aromatic carbocycles. The number of hydrogen-bond acceptors (Lipinski definition) is 6. The van der Waals surface area contributed by atoms with E-state index in [0.29, 0.717) is 47.3 Å². The first-order chi connectivity index (χ1) is 17.1. The standard InChI is InChI=1S/C25H28F3N7O/c1-24(4-5-24)9-20(36)35-6-2-15(3-7-35)11-32-23-33-12-16(10-29)21(34-23)19-14-31-22-18(19)8-17(13-30-22)25(26,27)28/h8,13-15H,2-7,9,11-12H2,1H3,(H,30,31)(H2,32,33,34). The van der Waals surface area contributed by atoms with Crippen molar-refractivity contribution in [2.75, 3.05) is 26.2 Å². The van der Waals surface area contributed by atoms with Crippen molar-refractivity contribution in [1.29, 1.82) is 5.26 Å². The molecule has 3 aliphatic rings. The molecule has 0 unspecified atom stereocenters. The fourth-order valence-corrected chi connectivity index (χ4v) is 4.75. The summed E-state index contributed by atoms with van der Waals surface area (Å²) < 4.78 is 39.7. The highest BCUT2D eigenvalue weighted by molar-refractivity contribution is 5.99. The van der Waals surface area contributed by atoms with Crippen LogP contribution in [-0.4, -0.2) is 52.9 Å². The molecule has 1 aliphatic carbocycles. The largest absolute Gasteiger partial charge is 0.417 e. The molecule has 0 spiro atoms. The molecule has 1 saturated carbocycles. The first-order valence-electron chi connectivity index (χ1n) is 12.2. The van der Waals surface area contributed by atoms with E-state index in [9.17, 15) is 23.2 Å². The number of carbonyl (C=O) groups excluding carboxylic acids is 1. The summed E-state index contributed by atoms with van der Waals surface area (Å²) in [5.74, 6) is 1.09. The minimum absolute atomic E-state index is 0.117. The zero-order chi connectivity index (χ0) is 25.5. The number of aliphatic imine (C=N–C) groups is 1. The molecule has 2 aromatic heterocycles. The summed E-state index contributed by atoms with van der Waals surface area (Å²) in [5.41, 5.74) is 0.840. The van der Waals surface area contributed by atoms with Gasteiger partial charge in [0.1, 0.15) is 5.65 Å². The van der Waals surface area contributed by atoms with Gasteiger partial charge in [-0.05, 0) is 43.1 Å². The van der Waals surface area contributed by atoms with Gasteiger partial charge in [-0.3, -0.25) is 4.79 Å². The smallest absolute Gasteiger partial charge is 0.356 e. The molecule has 0 radical (unpaired) electrons. The molecule has 0 bridgehead atoms. The van der Waals surface area contributed by atoms with Crippen molar-refractivity contribution in [2.24, 2.45) is 16.3 Å². The Labute approximate surface area is 206 Å². The van der Waals surface area contributed by atoms with Gasteiger partial charge in [-0.25, -0.2) is 9.98 Å². The zero-order valence-electron chi connectivity index (χ0n) is 20.0. The summed E-state index contributed by atoms with van der Waals surface area (Å²) in [7, 11) is 0. The average Bonchev–Trinajstić information content (AvgIpc) is 3.43. The third-order valence-electron chi connectivity index (χ3n) is 7.41. The highest BCUT2D eigenvalue weighted by Crippen LogP contribution is 2.48. The van der Waals surface area contributed by atoms with E-state index in [1.165, 1.54) is 0 Å². The number of aromatic amines is 1. The van der Waals surface area contributed by atoms with Gasteiger partial charge in [-0.2, -0.15) is 18.4 Å². The van der Waals surface area contributed by atoms with E-state index in [2.05, 4.69) is 38.6 Å². The van der Waals surface area contributed by atoms with Gasteiger partial charge >= 0.3 is 6.18 Å². The number of piperidine rings is 1. The number of pyridine rings is 1. The first kappa shape index (κ1) is 24.2. The molecule has 190 valence electrons. The van der Waals surface area contributed by atoms with E-state index in [0.717, 1.165) is 51.0 Å². The van der Waals surface area contributed by atoms with Crippen LogP contribution in [0.4, 0.5) is 13.2 Å². The maximum Gasteiger partial charge on any atom is 0.417 e. The second-order valence-electron chi connectivity index (χ2n) is 10.3. The number of alkyl halides is 3. The molecule has 2 aliphatic heterocycles. The van der Waals surface area contributed by atoms with Gasteiger partial charge < -0.3 is 20.5 Å². The van der Waals surface area contributed by atoms with Crippen LogP contribution >= 0.6 is 0 Å². The Morgan fingerprint density at radius 1 is 1.33 bits per heavy atom. The second-order valence-corrected chi connectivity index (χ2v) is 10.3. The molecule has 5 rings (SSSR count). The van der Waals surface area contributed by atoms with Gasteiger partial charge in [0, 0.05) is 49.4 Å². The van der Waals surface area contributed by atoms with Gasteiger partial charge in [0.2, 0.25) is 5.91 Å². The lowest BCUT2D eigenvalue weighted by atomic mass is 9.95. The predicted octanol–water partition coefficient (Wildman–Crippen LogP) is 3.79.